The van der Waals surface area contributed by atoms with Crippen molar-refractivity contribution in [2.75, 3.05) is 0 Å². The van der Waals surface area contributed by atoms with Crippen molar-refractivity contribution in [3.63, 3.8) is 0 Å². The van der Waals surface area contributed by atoms with Gasteiger partial charge in [0.05, 0.1) is 0 Å². The summed E-state index contributed by atoms with van der Waals surface area (Å²) in [5, 5.41) is 2.00. The molecule has 218 valence electrons. The average Bonchev–Trinajstić information content (AvgIpc) is 3.63. The van der Waals surface area contributed by atoms with Gasteiger partial charge in [0.25, 0.3) is 0 Å². The third kappa shape index (κ3) is 3.62. The molecule has 1 aromatic carbocycles. The van der Waals surface area contributed by atoms with E-state index in [4.69, 9.17) is 9.47 Å². The number of hydrogen-bond acceptors (Lipinski definition) is 4. The van der Waals surface area contributed by atoms with E-state index < -0.39 is 5.79 Å². The Morgan fingerprint density at radius 2 is 1.18 bits per heavy atom. The van der Waals surface area contributed by atoms with Crippen LogP contribution in [0.3, 0.4) is 0 Å². The number of rotatable bonds is 7. The van der Waals surface area contributed by atoms with Crippen molar-refractivity contribution in [2.24, 2.45) is 39.4 Å². The van der Waals surface area contributed by atoms with Crippen LogP contribution in [0.2, 0.25) is 20.3 Å². The van der Waals surface area contributed by atoms with Crippen LogP contribution in [0.4, 0.5) is 0 Å². The first-order valence-electron chi connectivity index (χ1n) is 15.6. The molecule has 4 aliphatic carbocycles. The summed E-state index contributed by atoms with van der Waals surface area (Å²) in [6.07, 6.45) is 6.89. The fraction of sp³-hybridized carbons (Fsp3) is 0.765. The van der Waals surface area contributed by atoms with Crippen molar-refractivity contribution in [1.82, 2.24) is 0 Å². The molecule has 2 saturated heterocycles. The van der Waals surface area contributed by atoms with E-state index in [1.54, 1.807) is 0 Å². The molecule has 2 unspecified atom stereocenters. The molecule has 4 saturated carbocycles. The Kier molecular flexibility index (Phi) is 6.55. The van der Waals surface area contributed by atoms with E-state index in [1.165, 1.54) is 12.8 Å². The number of ketones is 2. The van der Waals surface area contributed by atoms with Gasteiger partial charge in [-0.25, -0.2) is 0 Å². The van der Waals surface area contributed by atoms with E-state index in [-0.39, 0.29) is 73.4 Å². The van der Waals surface area contributed by atoms with Crippen LogP contribution in [0.15, 0.2) is 30.3 Å². The molecule has 2 aliphatic heterocycles. The normalized spacial score (nSPS) is 47.9. The molecule has 0 aromatic heterocycles. The zero-order valence-corrected chi connectivity index (χ0v) is 28.5. The van der Waals surface area contributed by atoms with E-state index in [0.717, 1.165) is 41.9 Å². The van der Waals surface area contributed by atoms with Crippen LogP contribution in [0.5, 0.6) is 0 Å². The molecule has 6 aliphatic rings. The summed E-state index contributed by atoms with van der Waals surface area (Å²) in [6, 6.07) is 10.6. The van der Waals surface area contributed by atoms with Gasteiger partial charge in [-0.1, -0.05) is 0 Å². The third-order valence-electron chi connectivity index (χ3n) is 13.4. The second kappa shape index (κ2) is 9.26. The Morgan fingerprint density at radius 3 is 1.57 bits per heavy atom. The first kappa shape index (κ1) is 28.3. The molecule has 7 rings (SSSR count). The van der Waals surface area contributed by atoms with Gasteiger partial charge in [-0.15, -0.1) is 0 Å². The first-order chi connectivity index (χ1) is 18.8. The van der Waals surface area contributed by atoms with E-state index in [2.05, 4.69) is 71.9 Å². The number of benzene rings is 1. The molecule has 6 heteroatoms. The summed E-state index contributed by atoms with van der Waals surface area (Å²) in [5.41, 5.74) is 1.12. The quantitative estimate of drug-likeness (QED) is 0.295. The first-order valence-corrected chi connectivity index (χ1v) is 20.0. The number of Topliss-reactive ketones (excluding diaryl/α,β-unsaturated/α-hetero) is 2. The molecule has 2 heterocycles. The van der Waals surface area contributed by atoms with Gasteiger partial charge in [0, 0.05) is 0 Å². The standard InChI is InChI=1S/C34H46O4Se2/c1-30(2)24-12-14-32(30,5)28(35)26(24)39-18-22-16-21-17-23(38-34(21,37-22)20-10-8-7-9-11-20)19-40-27-25-13-15-33(6,29(27)36)31(25,3)4/h7-11,21-27H,12-19H2,1-6H3/t21?,22-,23+,24-,25-,26+,27+,32+,33+,34?/m1/s1. The van der Waals surface area contributed by atoms with Crippen LogP contribution in [-0.2, 0) is 24.8 Å². The summed E-state index contributed by atoms with van der Waals surface area (Å²) in [7, 11) is 0. The monoisotopic (exact) mass is 678 g/mol. The van der Waals surface area contributed by atoms with Gasteiger partial charge in [0.1, 0.15) is 0 Å². The minimum absolute atomic E-state index is 0.125. The summed E-state index contributed by atoms with van der Waals surface area (Å²) in [6.45, 7) is 13.8. The topological polar surface area (TPSA) is 52.6 Å². The Bertz CT molecular complexity index is 1140. The summed E-state index contributed by atoms with van der Waals surface area (Å²) in [4.78, 5) is 27.4. The molecule has 0 N–H and O–H groups in total. The second-order valence-corrected chi connectivity index (χ2v) is 20.2. The van der Waals surface area contributed by atoms with Crippen molar-refractivity contribution in [3.05, 3.63) is 35.9 Å². The zero-order chi connectivity index (χ0) is 28.3. The molecule has 10 atom stereocenters. The van der Waals surface area contributed by atoms with Crippen LogP contribution in [0.25, 0.3) is 0 Å². The Labute approximate surface area is 253 Å². The van der Waals surface area contributed by atoms with E-state index in [0.29, 0.717) is 29.3 Å². The third-order valence-corrected chi connectivity index (χ3v) is 19.5. The molecule has 0 radical (unpaired) electrons. The van der Waals surface area contributed by atoms with Crippen molar-refractivity contribution in [2.45, 2.75) is 118 Å². The predicted molar refractivity (Wildman–Crippen MR) is 158 cm³/mol. The minimum atomic E-state index is -0.670. The molecular formula is C34H46O4Se2. The van der Waals surface area contributed by atoms with Crippen LogP contribution in [0.1, 0.15) is 85.6 Å². The number of hydrogen-bond donors (Lipinski definition) is 0. The summed E-state index contributed by atoms with van der Waals surface area (Å²) >= 11 is 0.512. The maximum atomic E-state index is 13.5. The predicted octanol–water partition coefficient (Wildman–Crippen LogP) is 6.91. The second-order valence-electron chi connectivity index (χ2n) is 15.3. The van der Waals surface area contributed by atoms with Crippen molar-refractivity contribution in [1.29, 1.82) is 0 Å². The molecule has 4 bridgehead atoms. The fourth-order valence-electron chi connectivity index (χ4n) is 9.91. The van der Waals surface area contributed by atoms with Gasteiger partial charge in [0.2, 0.25) is 0 Å². The molecule has 4 nitrogen and oxygen atoms in total. The van der Waals surface area contributed by atoms with Crippen molar-refractivity contribution in [3.8, 4) is 0 Å². The zero-order valence-electron chi connectivity index (χ0n) is 25.0. The van der Waals surface area contributed by atoms with E-state index in [9.17, 15) is 9.59 Å². The molecule has 0 spiro atoms. The van der Waals surface area contributed by atoms with Gasteiger partial charge in [-0.05, 0) is 0 Å². The van der Waals surface area contributed by atoms with Gasteiger partial charge in [-0.2, -0.15) is 0 Å². The number of carbonyl (C=O) groups is 2. The van der Waals surface area contributed by atoms with Gasteiger partial charge in [-0.3, -0.25) is 0 Å². The summed E-state index contributed by atoms with van der Waals surface area (Å²) in [5.74, 6) is 1.82. The molecule has 0 amide bonds. The SMILES string of the molecule is CC1(C)[C@@H]2CC[C@@]1(C)C(=O)[C@H]2[Se]C[C@@H]1CC2C[C@H](C[Se][C@@H]3C(=O)[C@]4(C)CC[C@H]3C4(C)C)OC2(c2ccccc2)O1. The van der Waals surface area contributed by atoms with Gasteiger partial charge >= 0.3 is 254 Å². The van der Waals surface area contributed by atoms with Crippen LogP contribution in [0, 0.1) is 39.4 Å². The van der Waals surface area contributed by atoms with Crippen molar-refractivity contribution < 1.29 is 19.1 Å². The molecule has 40 heavy (non-hydrogen) atoms. The average molecular weight is 677 g/mol. The Balaban J connectivity index is 1.03. The molecule has 1 aromatic rings. The fourth-order valence-corrected chi connectivity index (χ4v) is 17.2. The van der Waals surface area contributed by atoms with Crippen LogP contribution < -0.4 is 0 Å². The Hall–Kier alpha value is -0.481. The molecule has 6 fully saturated rings. The van der Waals surface area contributed by atoms with E-state index in [1.807, 2.05) is 0 Å². The van der Waals surface area contributed by atoms with E-state index >= 15 is 0 Å². The van der Waals surface area contributed by atoms with Crippen molar-refractivity contribution >= 4 is 41.5 Å². The summed E-state index contributed by atoms with van der Waals surface area (Å²) < 4.78 is 13.9. The van der Waals surface area contributed by atoms with Gasteiger partial charge < -0.3 is 0 Å². The van der Waals surface area contributed by atoms with Crippen LogP contribution in [-0.4, -0.2) is 53.7 Å². The maximum absolute atomic E-state index is 13.5. The van der Waals surface area contributed by atoms with Gasteiger partial charge in [0.15, 0.2) is 0 Å². The van der Waals surface area contributed by atoms with Crippen LogP contribution >= 0.6 is 0 Å². The Morgan fingerprint density at radius 1 is 0.725 bits per heavy atom. The molecular weight excluding hydrogens is 630 g/mol. The number of carbonyl (C=O) groups excluding carboxylic acids is 2. The number of ether oxygens (including phenoxy) is 2. The number of fused-ring (bicyclic) bond motifs is 5.